The van der Waals surface area contributed by atoms with E-state index in [1.807, 2.05) is 72.8 Å². The highest BCUT2D eigenvalue weighted by molar-refractivity contribution is 5.98. The van der Waals surface area contributed by atoms with Crippen LogP contribution in [0.2, 0.25) is 0 Å². The van der Waals surface area contributed by atoms with Gasteiger partial charge in [0.25, 0.3) is 5.91 Å². The zero-order chi connectivity index (χ0) is 24.7. The Labute approximate surface area is 205 Å². The Morgan fingerprint density at radius 1 is 1.03 bits per heavy atom. The molecular weight excluding hydrogens is 460 g/mol. The molecule has 0 radical (unpaired) electrons. The molecule has 1 amide bonds. The van der Waals surface area contributed by atoms with Crippen LogP contribution in [-0.4, -0.2) is 37.4 Å². The molecule has 0 aliphatic heterocycles. The number of rotatable bonds is 8. The molecule has 178 valence electrons. The Morgan fingerprint density at radius 3 is 2.56 bits per heavy atom. The van der Waals surface area contributed by atoms with Gasteiger partial charge in [0.05, 0.1) is 6.21 Å². The second kappa shape index (κ2) is 10.3. The summed E-state index contributed by atoms with van der Waals surface area (Å²) in [5, 5.41) is 19.5. The van der Waals surface area contributed by atoms with Crippen LogP contribution in [0.4, 0.5) is 5.82 Å². The van der Waals surface area contributed by atoms with Crippen LogP contribution >= 0.6 is 0 Å². The predicted molar refractivity (Wildman–Crippen MR) is 131 cm³/mol. The highest BCUT2D eigenvalue weighted by Gasteiger charge is 2.24. The van der Waals surface area contributed by atoms with Crippen LogP contribution < -0.4 is 15.9 Å². The summed E-state index contributed by atoms with van der Waals surface area (Å²) in [6.45, 7) is 0.446. The maximum atomic E-state index is 13.0. The molecule has 11 nitrogen and oxygen atoms in total. The molecule has 0 bridgehead atoms. The molecule has 0 aliphatic rings. The third-order valence-corrected chi connectivity index (χ3v) is 5.11. The lowest BCUT2D eigenvalue weighted by Gasteiger charge is -2.07. The van der Waals surface area contributed by atoms with Crippen LogP contribution in [0.1, 0.15) is 21.6 Å². The molecular formula is C25H20N8O3. The largest absolute Gasteiger partial charge is 0.489 e. The number of benzene rings is 3. The average Bonchev–Trinajstić information content (AvgIpc) is 3.55. The first-order valence-electron chi connectivity index (χ1n) is 10.9. The number of carbonyl (C=O) groups is 1. The van der Waals surface area contributed by atoms with Crippen molar-refractivity contribution in [1.29, 1.82) is 0 Å². The van der Waals surface area contributed by atoms with Crippen molar-refractivity contribution >= 4 is 17.9 Å². The smallest absolute Gasteiger partial charge is 0.294 e. The first-order chi connectivity index (χ1) is 17.7. The average molecular weight is 480 g/mol. The van der Waals surface area contributed by atoms with E-state index in [9.17, 15) is 4.79 Å². The Kier molecular flexibility index (Phi) is 6.43. The van der Waals surface area contributed by atoms with Crippen molar-refractivity contribution in [2.45, 2.75) is 6.61 Å². The molecule has 0 saturated carbocycles. The monoisotopic (exact) mass is 480 g/mol. The molecule has 5 rings (SSSR count). The molecule has 0 spiro atoms. The van der Waals surface area contributed by atoms with Gasteiger partial charge in [-0.15, -0.1) is 5.10 Å². The fourth-order valence-corrected chi connectivity index (χ4v) is 3.42. The van der Waals surface area contributed by atoms with E-state index in [0.717, 1.165) is 11.1 Å². The van der Waals surface area contributed by atoms with Gasteiger partial charge in [-0.05, 0) is 33.6 Å². The molecule has 11 heteroatoms. The van der Waals surface area contributed by atoms with E-state index in [4.69, 9.17) is 10.5 Å². The molecule has 0 unspecified atom stereocenters. The summed E-state index contributed by atoms with van der Waals surface area (Å²) in [6, 6.07) is 26.3. The van der Waals surface area contributed by atoms with E-state index in [2.05, 4.69) is 35.8 Å². The standard InChI is InChI=1S/C25H20N8O3/c26-23-24(31-36-30-23)33-22(19-11-5-2-6-12-19)21(28-32-33)25(34)29-27-15-18-10-7-13-20(14-18)35-16-17-8-3-1-4-9-17/h1-15H,16H2,(H2,26,30)(H,29,34)/b27-15-. The first-order valence-corrected chi connectivity index (χ1v) is 10.9. The van der Waals surface area contributed by atoms with E-state index in [1.165, 1.54) is 10.9 Å². The molecule has 0 saturated heterocycles. The minimum atomic E-state index is -0.567. The van der Waals surface area contributed by atoms with Gasteiger partial charge in [0.15, 0.2) is 5.69 Å². The zero-order valence-electron chi connectivity index (χ0n) is 18.9. The second-order valence-corrected chi connectivity index (χ2v) is 7.58. The van der Waals surface area contributed by atoms with E-state index in [-0.39, 0.29) is 17.3 Å². The van der Waals surface area contributed by atoms with Crippen molar-refractivity contribution in [3.63, 3.8) is 0 Å². The van der Waals surface area contributed by atoms with Crippen LogP contribution in [0.25, 0.3) is 17.1 Å². The lowest BCUT2D eigenvalue weighted by Crippen LogP contribution is -2.19. The SMILES string of the molecule is Nc1nonc1-n1nnc(C(=O)N/N=C\c2cccc(OCc3ccccc3)c2)c1-c1ccccc1. The Bertz CT molecular complexity index is 1500. The number of hydrogen-bond donors (Lipinski definition) is 2. The van der Waals surface area contributed by atoms with Crippen LogP contribution in [-0.2, 0) is 6.61 Å². The molecule has 2 heterocycles. The van der Waals surface area contributed by atoms with E-state index < -0.39 is 5.91 Å². The van der Waals surface area contributed by atoms with E-state index in [0.29, 0.717) is 23.6 Å². The molecule has 3 aromatic carbocycles. The highest BCUT2D eigenvalue weighted by Crippen LogP contribution is 2.26. The fourth-order valence-electron chi connectivity index (χ4n) is 3.42. The van der Waals surface area contributed by atoms with Gasteiger partial charge in [0.2, 0.25) is 11.6 Å². The maximum absolute atomic E-state index is 13.0. The van der Waals surface area contributed by atoms with Gasteiger partial charge in [-0.2, -0.15) is 9.78 Å². The molecule has 0 fully saturated rings. The van der Waals surface area contributed by atoms with Crippen LogP contribution in [0, 0.1) is 0 Å². The second-order valence-electron chi connectivity index (χ2n) is 7.58. The zero-order valence-corrected chi connectivity index (χ0v) is 18.9. The van der Waals surface area contributed by atoms with Crippen molar-refractivity contribution in [2.24, 2.45) is 5.10 Å². The van der Waals surface area contributed by atoms with Crippen molar-refractivity contribution in [3.8, 4) is 22.8 Å². The van der Waals surface area contributed by atoms with Gasteiger partial charge in [-0.25, -0.2) is 10.1 Å². The third kappa shape index (κ3) is 4.94. The first kappa shape index (κ1) is 22.5. The van der Waals surface area contributed by atoms with Gasteiger partial charge >= 0.3 is 0 Å². The van der Waals surface area contributed by atoms with Gasteiger partial charge in [-0.3, -0.25) is 4.79 Å². The van der Waals surface area contributed by atoms with Crippen LogP contribution in [0.5, 0.6) is 5.75 Å². The van der Waals surface area contributed by atoms with Crippen molar-refractivity contribution in [2.75, 3.05) is 5.73 Å². The lowest BCUT2D eigenvalue weighted by atomic mass is 10.1. The number of carbonyl (C=O) groups excluding carboxylic acids is 1. The van der Waals surface area contributed by atoms with Gasteiger partial charge < -0.3 is 10.5 Å². The Balaban J connectivity index is 1.32. The maximum Gasteiger partial charge on any atom is 0.294 e. The summed E-state index contributed by atoms with van der Waals surface area (Å²) in [5.74, 6) is 0.248. The number of nitrogens with two attached hydrogens (primary N) is 1. The summed E-state index contributed by atoms with van der Waals surface area (Å²) >= 11 is 0. The van der Waals surface area contributed by atoms with Crippen LogP contribution in [0.3, 0.4) is 0 Å². The minimum Gasteiger partial charge on any atom is -0.489 e. The summed E-state index contributed by atoms with van der Waals surface area (Å²) < 4.78 is 11.8. The van der Waals surface area contributed by atoms with Crippen LogP contribution in [0.15, 0.2) is 94.7 Å². The van der Waals surface area contributed by atoms with Gasteiger partial charge in [-0.1, -0.05) is 78.0 Å². The van der Waals surface area contributed by atoms with Gasteiger partial charge in [0, 0.05) is 5.56 Å². The normalized spacial score (nSPS) is 11.0. The number of hydrazone groups is 1. The fraction of sp³-hybridized carbons (Fsp3) is 0.0400. The Morgan fingerprint density at radius 2 is 1.81 bits per heavy atom. The molecule has 0 aliphatic carbocycles. The summed E-state index contributed by atoms with van der Waals surface area (Å²) in [5.41, 5.74) is 11.2. The summed E-state index contributed by atoms with van der Waals surface area (Å²) in [6.07, 6.45) is 1.51. The van der Waals surface area contributed by atoms with Gasteiger partial charge in [0.1, 0.15) is 18.1 Å². The molecule has 5 aromatic rings. The number of anilines is 1. The Hall–Kier alpha value is -5.32. The van der Waals surface area contributed by atoms with Crippen molar-refractivity contribution < 1.29 is 14.2 Å². The quantitative estimate of drug-likeness (QED) is 0.254. The van der Waals surface area contributed by atoms with E-state index in [1.54, 1.807) is 12.1 Å². The number of aromatic nitrogens is 5. The molecule has 2 aromatic heterocycles. The predicted octanol–water partition coefficient (Wildman–Crippen LogP) is 3.24. The van der Waals surface area contributed by atoms with E-state index >= 15 is 0 Å². The van der Waals surface area contributed by atoms with Crippen molar-refractivity contribution in [1.82, 2.24) is 30.7 Å². The third-order valence-electron chi connectivity index (χ3n) is 5.11. The molecule has 3 N–H and O–H groups in total. The number of hydrogen-bond acceptors (Lipinski definition) is 9. The highest BCUT2D eigenvalue weighted by atomic mass is 16.6. The molecule has 36 heavy (non-hydrogen) atoms. The van der Waals surface area contributed by atoms with Crippen molar-refractivity contribution in [3.05, 3.63) is 102 Å². The topological polar surface area (TPSA) is 146 Å². The molecule has 0 atom stereocenters. The summed E-state index contributed by atoms with van der Waals surface area (Å²) in [4.78, 5) is 13.0. The summed E-state index contributed by atoms with van der Waals surface area (Å²) in [7, 11) is 0. The number of nitrogens with zero attached hydrogens (tertiary/aromatic N) is 6. The number of ether oxygens (including phenoxy) is 1. The number of nitrogen functional groups attached to an aromatic ring is 1. The number of nitrogens with one attached hydrogen (secondary N) is 1. The minimum absolute atomic E-state index is 0.0106. The lowest BCUT2D eigenvalue weighted by molar-refractivity contribution is 0.0950. The number of amides is 1.